The lowest BCUT2D eigenvalue weighted by atomic mass is 9.75. The topological polar surface area (TPSA) is 20.3 Å². The number of ketones is 1. The summed E-state index contributed by atoms with van der Waals surface area (Å²) in [6, 6.07) is 0. The van der Waals surface area contributed by atoms with Crippen molar-refractivity contribution in [3.63, 3.8) is 0 Å². The Bertz CT molecular complexity index is 241. The molecule has 2 aliphatic rings. The maximum Gasteiger partial charge on any atom is 0.154 e. The van der Waals surface area contributed by atoms with E-state index in [1.807, 2.05) is 0 Å². The summed E-state index contributed by atoms with van der Waals surface area (Å²) in [5, 5.41) is 0. The van der Waals surface area contributed by atoms with Crippen LogP contribution in [0, 0.1) is 5.92 Å². The molecule has 1 spiro atoms. The van der Waals surface area contributed by atoms with Crippen molar-refractivity contribution in [2.75, 3.05) is 13.1 Å². The first-order valence-electron chi connectivity index (χ1n) is 6.47. The van der Waals surface area contributed by atoms with Crippen molar-refractivity contribution < 1.29 is 4.79 Å². The fraction of sp³-hybridized carbons (Fsp3) is 0.923. The highest BCUT2D eigenvalue weighted by molar-refractivity contribution is 5.90. The van der Waals surface area contributed by atoms with Crippen LogP contribution in [0.3, 0.4) is 0 Å². The molecule has 0 aromatic carbocycles. The van der Waals surface area contributed by atoms with Crippen molar-refractivity contribution in [2.45, 2.75) is 57.9 Å². The Morgan fingerprint density at radius 2 is 2.07 bits per heavy atom. The van der Waals surface area contributed by atoms with Gasteiger partial charge in [-0.1, -0.05) is 13.8 Å². The van der Waals surface area contributed by atoms with E-state index in [-0.39, 0.29) is 5.54 Å². The average Bonchev–Trinajstić information content (AvgIpc) is 2.52. The van der Waals surface area contributed by atoms with Gasteiger partial charge in [0.2, 0.25) is 0 Å². The number of carbonyl (C=O) groups is 1. The van der Waals surface area contributed by atoms with E-state index in [0.717, 1.165) is 38.3 Å². The summed E-state index contributed by atoms with van der Waals surface area (Å²) in [5.74, 6) is 1.36. The fourth-order valence-electron chi connectivity index (χ4n) is 3.29. The Morgan fingerprint density at radius 3 is 2.67 bits per heavy atom. The molecule has 2 heteroatoms. The second kappa shape index (κ2) is 4.25. The van der Waals surface area contributed by atoms with E-state index < -0.39 is 0 Å². The molecule has 15 heavy (non-hydrogen) atoms. The predicted molar refractivity (Wildman–Crippen MR) is 61.9 cm³/mol. The highest BCUT2D eigenvalue weighted by atomic mass is 16.1. The fourth-order valence-corrected chi connectivity index (χ4v) is 3.29. The Morgan fingerprint density at radius 1 is 1.40 bits per heavy atom. The Balaban J connectivity index is 2.11. The Kier molecular flexibility index (Phi) is 3.15. The SMILES string of the molecule is CCCN1CCC(=O)C12CCC(C)CC2. The van der Waals surface area contributed by atoms with Crippen LogP contribution >= 0.6 is 0 Å². The maximum absolute atomic E-state index is 12.1. The van der Waals surface area contributed by atoms with Gasteiger partial charge in [-0.25, -0.2) is 0 Å². The lowest BCUT2D eigenvalue weighted by molar-refractivity contribution is -0.127. The van der Waals surface area contributed by atoms with Crippen molar-refractivity contribution >= 4 is 5.78 Å². The second-order valence-corrected chi connectivity index (χ2v) is 5.37. The standard InChI is InChI=1S/C13H23NO/c1-3-9-14-10-6-12(15)13(14)7-4-11(2)5-8-13/h11H,3-10H2,1-2H3. The van der Waals surface area contributed by atoms with Crippen LogP contribution in [0.2, 0.25) is 0 Å². The molecule has 0 amide bonds. The summed E-state index contributed by atoms with van der Waals surface area (Å²) < 4.78 is 0. The molecule has 1 aliphatic carbocycles. The first-order valence-corrected chi connectivity index (χ1v) is 6.47. The summed E-state index contributed by atoms with van der Waals surface area (Å²) in [6.45, 7) is 6.65. The van der Waals surface area contributed by atoms with Crippen LogP contribution in [-0.4, -0.2) is 29.3 Å². The minimum absolute atomic E-state index is 0.0253. The van der Waals surface area contributed by atoms with Gasteiger partial charge >= 0.3 is 0 Å². The number of hydrogen-bond donors (Lipinski definition) is 0. The highest BCUT2D eigenvalue weighted by Crippen LogP contribution is 2.41. The van der Waals surface area contributed by atoms with E-state index in [2.05, 4.69) is 18.7 Å². The molecular formula is C13H23NO. The number of Topliss-reactive ketones (excluding diaryl/α,β-unsaturated/α-hetero) is 1. The highest BCUT2D eigenvalue weighted by Gasteiger charge is 2.48. The molecule has 1 heterocycles. The summed E-state index contributed by atoms with van der Waals surface area (Å²) in [7, 11) is 0. The number of likely N-dealkylation sites (tertiary alicyclic amines) is 1. The summed E-state index contributed by atoms with van der Waals surface area (Å²) >= 11 is 0. The third-order valence-corrected chi connectivity index (χ3v) is 4.33. The molecular weight excluding hydrogens is 186 g/mol. The zero-order chi connectivity index (χ0) is 10.9. The molecule has 0 aromatic rings. The number of hydrogen-bond acceptors (Lipinski definition) is 2. The zero-order valence-electron chi connectivity index (χ0n) is 10.1. The van der Waals surface area contributed by atoms with E-state index in [9.17, 15) is 4.79 Å². The molecule has 0 radical (unpaired) electrons. The average molecular weight is 209 g/mol. The minimum Gasteiger partial charge on any atom is -0.298 e. The molecule has 1 saturated carbocycles. The van der Waals surface area contributed by atoms with E-state index in [1.165, 1.54) is 19.3 Å². The van der Waals surface area contributed by atoms with E-state index in [0.29, 0.717) is 5.78 Å². The Labute approximate surface area is 93.0 Å². The lowest BCUT2D eigenvalue weighted by Crippen LogP contribution is -2.50. The monoisotopic (exact) mass is 209 g/mol. The normalized spacial score (nSPS) is 37.7. The van der Waals surface area contributed by atoms with Crippen molar-refractivity contribution in [1.82, 2.24) is 4.90 Å². The van der Waals surface area contributed by atoms with E-state index in [4.69, 9.17) is 0 Å². The lowest BCUT2D eigenvalue weighted by Gasteiger charge is -2.41. The molecule has 2 fully saturated rings. The van der Waals surface area contributed by atoms with Gasteiger partial charge in [-0.2, -0.15) is 0 Å². The van der Waals surface area contributed by atoms with Crippen molar-refractivity contribution in [2.24, 2.45) is 5.92 Å². The van der Waals surface area contributed by atoms with Gasteiger partial charge in [0, 0.05) is 13.0 Å². The van der Waals surface area contributed by atoms with Gasteiger partial charge in [0.1, 0.15) is 0 Å². The molecule has 1 saturated heterocycles. The quantitative estimate of drug-likeness (QED) is 0.697. The van der Waals surface area contributed by atoms with Gasteiger partial charge in [-0.05, 0) is 44.6 Å². The number of carbonyl (C=O) groups excluding carboxylic acids is 1. The first kappa shape index (κ1) is 11.1. The molecule has 86 valence electrons. The summed E-state index contributed by atoms with van der Waals surface area (Å²) in [5.41, 5.74) is -0.0253. The third-order valence-electron chi connectivity index (χ3n) is 4.33. The summed E-state index contributed by atoms with van der Waals surface area (Å²) in [6.07, 6.45) is 6.69. The van der Waals surface area contributed by atoms with Crippen molar-refractivity contribution in [1.29, 1.82) is 0 Å². The molecule has 0 aromatic heterocycles. The van der Waals surface area contributed by atoms with Crippen molar-refractivity contribution in [3.8, 4) is 0 Å². The molecule has 0 N–H and O–H groups in total. The number of rotatable bonds is 2. The van der Waals surface area contributed by atoms with Crippen LogP contribution in [0.25, 0.3) is 0 Å². The van der Waals surface area contributed by atoms with Gasteiger partial charge in [0.05, 0.1) is 5.54 Å². The van der Waals surface area contributed by atoms with E-state index >= 15 is 0 Å². The van der Waals surface area contributed by atoms with Crippen LogP contribution in [0.4, 0.5) is 0 Å². The third kappa shape index (κ3) is 1.84. The molecule has 0 atom stereocenters. The predicted octanol–water partition coefficient (Wildman–Crippen LogP) is 2.62. The van der Waals surface area contributed by atoms with Crippen LogP contribution in [0.5, 0.6) is 0 Å². The Hall–Kier alpha value is -0.370. The van der Waals surface area contributed by atoms with Crippen LogP contribution in [0.1, 0.15) is 52.4 Å². The smallest absolute Gasteiger partial charge is 0.154 e. The first-order chi connectivity index (χ1) is 7.19. The van der Waals surface area contributed by atoms with Crippen molar-refractivity contribution in [3.05, 3.63) is 0 Å². The zero-order valence-corrected chi connectivity index (χ0v) is 10.1. The van der Waals surface area contributed by atoms with Crippen LogP contribution < -0.4 is 0 Å². The molecule has 0 unspecified atom stereocenters. The van der Waals surface area contributed by atoms with Gasteiger partial charge < -0.3 is 0 Å². The maximum atomic E-state index is 12.1. The van der Waals surface area contributed by atoms with Crippen LogP contribution in [0.15, 0.2) is 0 Å². The summed E-state index contributed by atoms with van der Waals surface area (Å²) in [4.78, 5) is 14.6. The van der Waals surface area contributed by atoms with Gasteiger partial charge in [-0.3, -0.25) is 9.69 Å². The molecule has 1 aliphatic heterocycles. The van der Waals surface area contributed by atoms with Gasteiger partial charge in [-0.15, -0.1) is 0 Å². The largest absolute Gasteiger partial charge is 0.298 e. The van der Waals surface area contributed by atoms with Gasteiger partial charge in [0.25, 0.3) is 0 Å². The van der Waals surface area contributed by atoms with Crippen LogP contribution in [-0.2, 0) is 4.79 Å². The second-order valence-electron chi connectivity index (χ2n) is 5.37. The number of nitrogens with zero attached hydrogens (tertiary/aromatic N) is 1. The molecule has 2 rings (SSSR count). The minimum atomic E-state index is -0.0253. The van der Waals surface area contributed by atoms with Gasteiger partial charge in [0.15, 0.2) is 5.78 Å². The van der Waals surface area contributed by atoms with E-state index in [1.54, 1.807) is 0 Å². The molecule has 0 bridgehead atoms. The molecule has 2 nitrogen and oxygen atoms in total.